The lowest BCUT2D eigenvalue weighted by atomic mass is 9.92. The van der Waals surface area contributed by atoms with Crippen LogP contribution in [0.15, 0.2) is 53.4 Å². The first kappa shape index (κ1) is 19.1. The van der Waals surface area contributed by atoms with Crippen LogP contribution < -0.4 is 5.14 Å². The van der Waals surface area contributed by atoms with Gasteiger partial charge in [-0.2, -0.15) is 0 Å². The molecule has 8 heteroatoms. The van der Waals surface area contributed by atoms with Gasteiger partial charge in [0.25, 0.3) is 0 Å². The second-order valence-corrected chi connectivity index (χ2v) is 7.45. The SMILES string of the molecule is Cc1cccc(-c2c(F)c(F)c(F)c(F)c2-c2ccccc2S(N)(=O)=O)c1. The number of nitrogens with two attached hydrogens (primary N) is 1. The second-order valence-electron chi connectivity index (χ2n) is 5.92. The van der Waals surface area contributed by atoms with E-state index in [9.17, 15) is 26.0 Å². The zero-order valence-electron chi connectivity index (χ0n) is 13.9. The Balaban J connectivity index is 2.52. The van der Waals surface area contributed by atoms with Crippen LogP contribution in [-0.4, -0.2) is 8.42 Å². The van der Waals surface area contributed by atoms with E-state index in [1.165, 1.54) is 30.3 Å². The minimum atomic E-state index is -4.35. The van der Waals surface area contributed by atoms with Crippen molar-refractivity contribution in [2.24, 2.45) is 5.14 Å². The largest absolute Gasteiger partial charge is 0.238 e. The van der Waals surface area contributed by atoms with Crippen LogP contribution in [0.3, 0.4) is 0 Å². The molecule has 0 aliphatic rings. The fourth-order valence-corrected chi connectivity index (χ4v) is 3.62. The Labute approximate surface area is 153 Å². The van der Waals surface area contributed by atoms with E-state index in [4.69, 9.17) is 5.14 Å². The van der Waals surface area contributed by atoms with Gasteiger partial charge in [0.1, 0.15) is 0 Å². The van der Waals surface area contributed by atoms with E-state index in [1.807, 2.05) is 0 Å². The molecule has 2 N–H and O–H groups in total. The van der Waals surface area contributed by atoms with Crippen LogP contribution in [0, 0.1) is 30.2 Å². The van der Waals surface area contributed by atoms with E-state index in [2.05, 4.69) is 0 Å². The molecule has 3 nitrogen and oxygen atoms in total. The average Bonchev–Trinajstić information content (AvgIpc) is 2.62. The van der Waals surface area contributed by atoms with Crippen LogP contribution in [0.2, 0.25) is 0 Å². The van der Waals surface area contributed by atoms with Gasteiger partial charge in [-0.15, -0.1) is 0 Å². The maximum Gasteiger partial charge on any atom is 0.238 e. The molecule has 3 aromatic rings. The lowest BCUT2D eigenvalue weighted by Gasteiger charge is -2.16. The molecule has 0 fully saturated rings. The van der Waals surface area contributed by atoms with E-state index in [0.29, 0.717) is 5.56 Å². The van der Waals surface area contributed by atoms with Gasteiger partial charge in [-0.25, -0.2) is 31.1 Å². The van der Waals surface area contributed by atoms with Crippen LogP contribution in [0.25, 0.3) is 22.3 Å². The fourth-order valence-electron chi connectivity index (χ4n) is 2.88. The molecule has 0 heterocycles. The molecule has 0 unspecified atom stereocenters. The predicted molar refractivity (Wildman–Crippen MR) is 93.3 cm³/mol. The van der Waals surface area contributed by atoms with Crippen LogP contribution >= 0.6 is 0 Å². The van der Waals surface area contributed by atoms with Crippen molar-refractivity contribution in [1.29, 1.82) is 0 Å². The van der Waals surface area contributed by atoms with Crippen molar-refractivity contribution in [3.8, 4) is 22.3 Å². The standard InChI is InChI=1S/C19H13F4NO2S/c1-10-5-4-6-11(9-10)14-15(17(21)19(23)18(22)16(14)20)12-7-2-3-8-13(12)27(24,25)26/h2-9H,1H3,(H2,24,25,26). The molecule has 140 valence electrons. The van der Waals surface area contributed by atoms with Gasteiger partial charge in [0.05, 0.1) is 4.90 Å². The van der Waals surface area contributed by atoms with Crippen molar-refractivity contribution >= 4 is 10.0 Å². The van der Waals surface area contributed by atoms with Crippen LogP contribution in [0.4, 0.5) is 17.6 Å². The second kappa shape index (κ2) is 6.79. The molecule has 0 amide bonds. The number of aryl methyl sites for hydroxylation is 1. The monoisotopic (exact) mass is 395 g/mol. The Bertz CT molecular complexity index is 1160. The number of hydrogen-bond acceptors (Lipinski definition) is 2. The fraction of sp³-hybridized carbons (Fsp3) is 0.0526. The first-order valence-corrected chi connectivity index (χ1v) is 9.22. The predicted octanol–water partition coefficient (Wildman–Crippen LogP) is 4.53. The molecule has 3 aromatic carbocycles. The molecule has 0 aliphatic heterocycles. The highest BCUT2D eigenvalue weighted by Gasteiger charge is 2.29. The molecule has 0 aromatic heterocycles. The van der Waals surface area contributed by atoms with Crippen molar-refractivity contribution in [3.05, 3.63) is 77.4 Å². The summed E-state index contributed by atoms with van der Waals surface area (Å²) in [6.07, 6.45) is 0. The third kappa shape index (κ3) is 3.33. The van der Waals surface area contributed by atoms with Gasteiger partial charge >= 0.3 is 0 Å². The Morgan fingerprint density at radius 1 is 0.778 bits per heavy atom. The van der Waals surface area contributed by atoms with Crippen LogP contribution in [0.5, 0.6) is 0 Å². The van der Waals surface area contributed by atoms with E-state index in [1.54, 1.807) is 13.0 Å². The van der Waals surface area contributed by atoms with Crippen LogP contribution in [-0.2, 0) is 10.0 Å². The minimum absolute atomic E-state index is 0.0597. The van der Waals surface area contributed by atoms with Crippen molar-refractivity contribution < 1.29 is 26.0 Å². The zero-order valence-corrected chi connectivity index (χ0v) is 14.7. The Morgan fingerprint density at radius 2 is 1.37 bits per heavy atom. The molecule has 0 atom stereocenters. The van der Waals surface area contributed by atoms with Gasteiger partial charge in [-0.1, -0.05) is 48.0 Å². The summed E-state index contributed by atoms with van der Waals surface area (Å²) >= 11 is 0. The van der Waals surface area contributed by atoms with Crippen molar-refractivity contribution in [3.63, 3.8) is 0 Å². The molecular formula is C19H13F4NO2S. The molecule has 0 saturated heterocycles. The Kier molecular flexibility index (Phi) is 4.79. The number of hydrogen-bond donors (Lipinski definition) is 1. The van der Waals surface area contributed by atoms with Gasteiger partial charge in [0.2, 0.25) is 10.0 Å². The summed E-state index contributed by atoms with van der Waals surface area (Å²) in [7, 11) is -4.35. The first-order chi connectivity index (χ1) is 12.6. The summed E-state index contributed by atoms with van der Waals surface area (Å²) in [5, 5.41) is 5.15. The smallest absolute Gasteiger partial charge is 0.225 e. The van der Waals surface area contributed by atoms with E-state index >= 15 is 0 Å². The zero-order chi connectivity index (χ0) is 19.9. The third-order valence-electron chi connectivity index (χ3n) is 4.04. The number of primary sulfonamides is 1. The number of benzene rings is 3. The maximum absolute atomic E-state index is 14.7. The molecule has 3 rings (SSSR count). The number of halogens is 4. The Hall–Kier alpha value is -2.71. The van der Waals surface area contributed by atoms with E-state index in [0.717, 1.165) is 12.1 Å². The Morgan fingerprint density at radius 3 is 1.96 bits per heavy atom. The first-order valence-electron chi connectivity index (χ1n) is 7.68. The maximum atomic E-state index is 14.7. The third-order valence-corrected chi connectivity index (χ3v) is 5.01. The molecule has 0 aliphatic carbocycles. The summed E-state index contributed by atoms with van der Waals surface area (Å²) in [6.45, 7) is 1.68. The summed E-state index contributed by atoms with van der Waals surface area (Å²) in [4.78, 5) is -0.539. The van der Waals surface area contributed by atoms with Crippen molar-refractivity contribution in [2.45, 2.75) is 11.8 Å². The summed E-state index contributed by atoms with van der Waals surface area (Å²) in [5.74, 6) is -7.36. The highest BCUT2D eigenvalue weighted by atomic mass is 32.2. The van der Waals surface area contributed by atoms with Gasteiger partial charge in [-0.05, 0) is 18.6 Å². The van der Waals surface area contributed by atoms with Gasteiger partial charge in [0, 0.05) is 16.7 Å². The molecule has 0 bridgehead atoms. The molecule has 27 heavy (non-hydrogen) atoms. The number of rotatable bonds is 3. The highest BCUT2D eigenvalue weighted by molar-refractivity contribution is 7.89. The normalized spacial score (nSPS) is 11.6. The summed E-state index contributed by atoms with van der Waals surface area (Å²) in [5.41, 5.74) is -0.966. The lowest BCUT2D eigenvalue weighted by Crippen LogP contribution is -2.14. The summed E-state index contributed by atoms with van der Waals surface area (Å²) in [6, 6.07) is 10.9. The lowest BCUT2D eigenvalue weighted by molar-refractivity contribution is 0.412. The van der Waals surface area contributed by atoms with E-state index < -0.39 is 49.3 Å². The molecule has 0 spiro atoms. The topological polar surface area (TPSA) is 60.2 Å². The minimum Gasteiger partial charge on any atom is -0.225 e. The van der Waals surface area contributed by atoms with E-state index in [-0.39, 0.29) is 11.1 Å². The molecular weight excluding hydrogens is 382 g/mol. The summed E-state index contributed by atoms with van der Waals surface area (Å²) < 4.78 is 81.0. The average molecular weight is 395 g/mol. The highest BCUT2D eigenvalue weighted by Crippen LogP contribution is 2.41. The van der Waals surface area contributed by atoms with Gasteiger partial charge < -0.3 is 0 Å². The van der Waals surface area contributed by atoms with Crippen molar-refractivity contribution in [2.75, 3.05) is 0 Å². The van der Waals surface area contributed by atoms with Gasteiger partial charge in [0.15, 0.2) is 23.3 Å². The van der Waals surface area contributed by atoms with Crippen molar-refractivity contribution in [1.82, 2.24) is 0 Å². The van der Waals surface area contributed by atoms with Crippen LogP contribution in [0.1, 0.15) is 5.56 Å². The molecule has 0 saturated carbocycles. The van der Waals surface area contributed by atoms with Gasteiger partial charge in [-0.3, -0.25) is 0 Å². The quantitative estimate of drug-likeness (QED) is 0.402. The molecule has 0 radical (unpaired) electrons. The number of sulfonamides is 1.